The molecule has 3 aromatic heterocycles. The predicted octanol–water partition coefficient (Wildman–Crippen LogP) is 1.77. The Bertz CT molecular complexity index is 981. The highest BCUT2D eigenvalue weighted by molar-refractivity contribution is 5.94. The van der Waals surface area contributed by atoms with Gasteiger partial charge in [-0.05, 0) is 46.9 Å². The Hall–Kier alpha value is -3.76. The van der Waals surface area contributed by atoms with E-state index < -0.39 is 5.91 Å². The van der Waals surface area contributed by atoms with Crippen LogP contribution in [0, 0.1) is 0 Å². The summed E-state index contributed by atoms with van der Waals surface area (Å²) in [5.74, 6) is 0.300. The number of carbonyl (C=O) groups is 1. The van der Waals surface area contributed by atoms with E-state index in [0.717, 1.165) is 5.57 Å². The normalized spacial score (nSPS) is 12.2. The number of hydrazone groups is 1. The highest BCUT2D eigenvalue weighted by Gasteiger charge is 2.25. The molecule has 11 heteroatoms. The molecule has 0 aliphatic rings. The molecule has 0 aliphatic heterocycles. The fraction of sp³-hybridized carbons (Fsp3) is 0.250. The first-order chi connectivity index (χ1) is 13.0. The van der Waals surface area contributed by atoms with Crippen LogP contribution >= 0.6 is 0 Å². The molecule has 11 nitrogen and oxygen atoms in total. The number of allylic oxidation sites excluding steroid dienone is 1. The van der Waals surface area contributed by atoms with E-state index in [9.17, 15) is 4.79 Å². The van der Waals surface area contributed by atoms with E-state index in [0.29, 0.717) is 11.5 Å². The van der Waals surface area contributed by atoms with Crippen LogP contribution in [-0.4, -0.2) is 37.4 Å². The predicted molar refractivity (Wildman–Crippen MR) is 96.0 cm³/mol. The van der Waals surface area contributed by atoms with Gasteiger partial charge in [0.25, 0.3) is 5.91 Å². The molecule has 27 heavy (non-hydrogen) atoms. The van der Waals surface area contributed by atoms with E-state index in [-0.39, 0.29) is 23.2 Å². The van der Waals surface area contributed by atoms with E-state index in [1.165, 1.54) is 10.9 Å². The number of anilines is 1. The van der Waals surface area contributed by atoms with Crippen LogP contribution in [0.15, 0.2) is 38.1 Å². The van der Waals surface area contributed by atoms with Gasteiger partial charge in [0.15, 0.2) is 5.69 Å². The lowest BCUT2D eigenvalue weighted by Crippen LogP contribution is -2.21. The Morgan fingerprint density at radius 3 is 2.85 bits per heavy atom. The van der Waals surface area contributed by atoms with E-state index >= 15 is 0 Å². The van der Waals surface area contributed by atoms with Gasteiger partial charge in [-0.1, -0.05) is 19.1 Å². The van der Waals surface area contributed by atoms with Crippen molar-refractivity contribution in [2.45, 2.75) is 26.7 Å². The zero-order chi connectivity index (χ0) is 19.4. The average Bonchev–Trinajstić information content (AvgIpc) is 3.34. The SMILES string of the molecule is CC(/C=N\NC(=O)c1nnn(-c2nonc2N)c1C(C)C)=C\c1ccco1. The zero-order valence-corrected chi connectivity index (χ0v) is 14.9. The largest absolute Gasteiger partial charge is 0.465 e. The van der Waals surface area contributed by atoms with E-state index in [1.54, 1.807) is 18.4 Å². The summed E-state index contributed by atoms with van der Waals surface area (Å²) in [7, 11) is 0. The van der Waals surface area contributed by atoms with Crippen LogP contribution in [-0.2, 0) is 0 Å². The number of hydrogen-bond acceptors (Lipinski definition) is 9. The molecule has 0 saturated carbocycles. The third-order valence-electron chi connectivity index (χ3n) is 3.51. The molecule has 0 aliphatic carbocycles. The molecule has 1 amide bonds. The standard InChI is InChI=1S/C16H18N8O3/c1-9(2)13-12(19-23-24(13)15-14(17)21-27-22-15)16(25)20-18-8-10(3)7-11-5-4-6-26-11/h4-9H,1-3H3,(H2,17,21)(H,20,25)/b10-7+,18-8-. The molecule has 140 valence electrons. The van der Waals surface area contributed by atoms with Crippen molar-refractivity contribution in [2.75, 3.05) is 5.73 Å². The van der Waals surface area contributed by atoms with Gasteiger partial charge in [0.2, 0.25) is 11.6 Å². The van der Waals surface area contributed by atoms with E-state index in [2.05, 4.69) is 35.8 Å². The molecule has 3 aromatic rings. The fourth-order valence-electron chi connectivity index (χ4n) is 2.34. The maximum atomic E-state index is 12.5. The first-order valence-electron chi connectivity index (χ1n) is 8.06. The van der Waals surface area contributed by atoms with Gasteiger partial charge in [-0.25, -0.2) is 10.1 Å². The van der Waals surface area contributed by atoms with Crippen molar-refractivity contribution in [1.82, 2.24) is 30.7 Å². The van der Waals surface area contributed by atoms with E-state index in [1.807, 2.05) is 26.8 Å². The number of amides is 1. The van der Waals surface area contributed by atoms with Crippen molar-refractivity contribution in [3.05, 3.63) is 41.1 Å². The lowest BCUT2D eigenvalue weighted by Gasteiger charge is -2.08. The van der Waals surface area contributed by atoms with Crippen molar-refractivity contribution in [2.24, 2.45) is 5.10 Å². The Morgan fingerprint density at radius 2 is 2.22 bits per heavy atom. The second kappa shape index (κ2) is 7.64. The summed E-state index contributed by atoms with van der Waals surface area (Å²) < 4.78 is 11.1. The third kappa shape index (κ3) is 3.92. The number of nitrogens with two attached hydrogens (primary N) is 1. The first kappa shape index (κ1) is 18.0. The Kier molecular flexibility index (Phi) is 5.11. The topological polar surface area (TPSA) is 150 Å². The molecule has 0 bridgehead atoms. The summed E-state index contributed by atoms with van der Waals surface area (Å²) in [4.78, 5) is 12.5. The quantitative estimate of drug-likeness (QED) is 0.492. The van der Waals surface area contributed by atoms with Gasteiger partial charge in [-0.3, -0.25) is 4.79 Å². The van der Waals surface area contributed by atoms with Crippen molar-refractivity contribution in [1.29, 1.82) is 0 Å². The van der Waals surface area contributed by atoms with Crippen LogP contribution in [0.5, 0.6) is 0 Å². The maximum Gasteiger partial charge on any atom is 0.293 e. The molecule has 3 N–H and O–H groups in total. The molecule has 0 spiro atoms. The summed E-state index contributed by atoms with van der Waals surface area (Å²) in [5.41, 5.74) is 9.54. The number of nitrogens with one attached hydrogen (secondary N) is 1. The van der Waals surface area contributed by atoms with Crippen molar-refractivity contribution < 1.29 is 13.8 Å². The monoisotopic (exact) mass is 370 g/mol. The molecule has 0 atom stereocenters. The number of rotatable bonds is 6. The Labute approximate surface area is 153 Å². The Morgan fingerprint density at radius 1 is 1.41 bits per heavy atom. The van der Waals surface area contributed by atoms with Crippen LogP contribution in [0.4, 0.5) is 5.82 Å². The summed E-state index contributed by atoms with van der Waals surface area (Å²) >= 11 is 0. The number of aromatic nitrogens is 5. The molecule has 0 saturated heterocycles. The second-order valence-electron chi connectivity index (χ2n) is 5.97. The van der Waals surface area contributed by atoms with Crippen molar-refractivity contribution >= 4 is 24.0 Å². The van der Waals surface area contributed by atoms with Crippen molar-refractivity contribution in [3.8, 4) is 5.82 Å². The minimum Gasteiger partial charge on any atom is -0.465 e. The molecule has 0 fully saturated rings. The van der Waals surface area contributed by atoms with Gasteiger partial charge in [0, 0.05) is 0 Å². The summed E-state index contributed by atoms with van der Waals surface area (Å²) in [6.07, 6.45) is 4.86. The molecular weight excluding hydrogens is 352 g/mol. The minimum absolute atomic E-state index is 0.0467. The van der Waals surface area contributed by atoms with Gasteiger partial charge >= 0.3 is 0 Å². The van der Waals surface area contributed by atoms with E-state index in [4.69, 9.17) is 10.2 Å². The van der Waals surface area contributed by atoms with Crippen LogP contribution in [0.2, 0.25) is 0 Å². The highest BCUT2D eigenvalue weighted by Crippen LogP contribution is 2.22. The molecule has 0 unspecified atom stereocenters. The number of nitrogen functional groups attached to an aromatic ring is 1. The maximum absolute atomic E-state index is 12.5. The van der Waals surface area contributed by atoms with Crippen LogP contribution in [0.1, 0.15) is 48.6 Å². The summed E-state index contributed by atoms with van der Waals surface area (Å²) in [6, 6.07) is 3.60. The number of nitrogens with zero attached hydrogens (tertiary/aromatic N) is 6. The Balaban J connectivity index is 1.78. The average molecular weight is 370 g/mol. The lowest BCUT2D eigenvalue weighted by atomic mass is 10.1. The van der Waals surface area contributed by atoms with Gasteiger partial charge < -0.3 is 10.2 Å². The van der Waals surface area contributed by atoms with Crippen molar-refractivity contribution in [3.63, 3.8) is 0 Å². The first-order valence-corrected chi connectivity index (χ1v) is 8.06. The van der Waals surface area contributed by atoms with Crippen LogP contribution in [0.25, 0.3) is 11.9 Å². The molecule has 3 rings (SSSR count). The fourth-order valence-corrected chi connectivity index (χ4v) is 2.34. The third-order valence-corrected chi connectivity index (χ3v) is 3.51. The molecule has 0 aromatic carbocycles. The zero-order valence-electron chi connectivity index (χ0n) is 14.9. The molecule has 0 radical (unpaired) electrons. The lowest BCUT2D eigenvalue weighted by molar-refractivity contribution is 0.0948. The smallest absolute Gasteiger partial charge is 0.293 e. The number of hydrogen-bond donors (Lipinski definition) is 2. The van der Waals surface area contributed by atoms with Gasteiger partial charge in [-0.15, -0.1) is 5.10 Å². The van der Waals surface area contributed by atoms with Crippen LogP contribution < -0.4 is 11.2 Å². The molecular formula is C16H18N8O3. The van der Waals surface area contributed by atoms with Gasteiger partial charge in [0.1, 0.15) is 5.76 Å². The number of carbonyl (C=O) groups excluding carboxylic acids is 1. The summed E-state index contributed by atoms with van der Waals surface area (Å²) in [6.45, 7) is 5.60. The number of furan rings is 1. The van der Waals surface area contributed by atoms with Gasteiger partial charge in [-0.2, -0.15) is 9.78 Å². The minimum atomic E-state index is -0.512. The molecule has 3 heterocycles. The summed E-state index contributed by atoms with van der Waals surface area (Å²) in [5, 5.41) is 19.0. The van der Waals surface area contributed by atoms with Gasteiger partial charge in [0.05, 0.1) is 18.2 Å². The second-order valence-corrected chi connectivity index (χ2v) is 5.97. The van der Waals surface area contributed by atoms with Crippen LogP contribution in [0.3, 0.4) is 0 Å². The highest BCUT2D eigenvalue weighted by atomic mass is 16.6.